The summed E-state index contributed by atoms with van der Waals surface area (Å²) < 4.78 is 6.41. The van der Waals surface area contributed by atoms with Crippen molar-refractivity contribution in [2.24, 2.45) is 11.8 Å². The van der Waals surface area contributed by atoms with Crippen LogP contribution in [0.3, 0.4) is 0 Å². The molecule has 0 spiro atoms. The number of nitrogens with zero attached hydrogens (tertiary/aromatic N) is 1. The Kier molecular flexibility index (Phi) is 4.23. The van der Waals surface area contributed by atoms with Gasteiger partial charge in [-0.2, -0.15) is 0 Å². The van der Waals surface area contributed by atoms with E-state index in [1.165, 1.54) is 4.90 Å². The topological polar surface area (TPSA) is 49.8 Å². The van der Waals surface area contributed by atoms with E-state index >= 15 is 0 Å². The van der Waals surface area contributed by atoms with Crippen LogP contribution < -0.4 is 0 Å². The molecule has 2 rings (SSSR count). The number of allylic oxidation sites excluding steroid dienone is 1. The molecule has 2 unspecified atom stereocenters. The molecule has 5 heteroatoms. The first-order chi connectivity index (χ1) is 9.03. The standard InChI is InChI=1S/C14H25NO3Si/c1-4-19(5-2,6-3)18-13-7-11-9-15(14(16)17)10-12(11)8-13/h7,11-12H,4-6,8-10H2,1-3H3,(H,16,17). The van der Waals surface area contributed by atoms with Gasteiger partial charge in [0.25, 0.3) is 0 Å². The number of rotatable bonds is 5. The van der Waals surface area contributed by atoms with E-state index in [-0.39, 0.29) is 0 Å². The molecule has 0 aromatic heterocycles. The lowest BCUT2D eigenvalue weighted by Gasteiger charge is -2.30. The maximum Gasteiger partial charge on any atom is 0.407 e. The van der Waals surface area contributed by atoms with Crippen LogP contribution in [-0.4, -0.2) is 37.5 Å². The third kappa shape index (κ3) is 2.80. The van der Waals surface area contributed by atoms with Gasteiger partial charge in [0.2, 0.25) is 8.32 Å². The molecule has 4 nitrogen and oxygen atoms in total. The first-order valence-corrected chi connectivity index (χ1v) is 9.94. The van der Waals surface area contributed by atoms with Gasteiger partial charge in [0.15, 0.2) is 0 Å². The number of carboxylic acid groups (broad SMARTS) is 1. The Bertz CT molecular complexity index is 371. The fraction of sp³-hybridized carbons (Fsp3) is 0.786. The van der Waals surface area contributed by atoms with Gasteiger partial charge in [-0.1, -0.05) is 20.8 Å². The summed E-state index contributed by atoms with van der Waals surface area (Å²) in [6.45, 7) is 8.03. The van der Waals surface area contributed by atoms with E-state index in [9.17, 15) is 4.79 Å². The van der Waals surface area contributed by atoms with Crippen LogP contribution in [0.4, 0.5) is 4.79 Å². The summed E-state index contributed by atoms with van der Waals surface area (Å²) in [4.78, 5) is 12.5. The second kappa shape index (κ2) is 5.57. The molecule has 0 radical (unpaired) electrons. The Morgan fingerprint density at radius 1 is 1.37 bits per heavy atom. The second-order valence-corrected chi connectivity index (χ2v) is 10.5. The lowest BCUT2D eigenvalue weighted by molar-refractivity contribution is 0.153. The molecule has 0 aromatic carbocycles. The Morgan fingerprint density at radius 3 is 2.47 bits per heavy atom. The van der Waals surface area contributed by atoms with Crippen molar-refractivity contribution in [2.75, 3.05) is 13.1 Å². The van der Waals surface area contributed by atoms with Gasteiger partial charge in [-0.05, 0) is 30.1 Å². The minimum absolute atomic E-state index is 0.378. The summed E-state index contributed by atoms with van der Waals surface area (Å²) in [5.41, 5.74) is 0. The van der Waals surface area contributed by atoms with Gasteiger partial charge in [0, 0.05) is 25.4 Å². The molecule has 108 valence electrons. The third-order valence-corrected chi connectivity index (χ3v) is 9.47. The first-order valence-electron chi connectivity index (χ1n) is 7.41. The first kappa shape index (κ1) is 14.4. The van der Waals surface area contributed by atoms with Crippen LogP contribution >= 0.6 is 0 Å². The van der Waals surface area contributed by atoms with Crippen molar-refractivity contribution in [1.29, 1.82) is 0 Å². The number of hydrogen-bond donors (Lipinski definition) is 1. The number of carbonyl (C=O) groups is 1. The summed E-state index contributed by atoms with van der Waals surface area (Å²) in [7, 11) is -1.57. The van der Waals surface area contributed by atoms with Crippen LogP contribution in [0.1, 0.15) is 27.2 Å². The highest BCUT2D eigenvalue weighted by Crippen LogP contribution is 2.39. The molecule has 1 saturated heterocycles. The Hall–Kier alpha value is -0.973. The predicted octanol–water partition coefficient (Wildman–Crippen LogP) is 3.52. The molecule has 1 heterocycles. The zero-order chi connectivity index (χ0) is 14.0. The second-order valence-electron chi connectivity index (χ2n) is 5.79. The highest BCUT2D eigenvalue weighted by atomic mass is 28.4. The molecule has 1 aliphatic carbocycles. The molecule has 2 atom stereocenters. The summed E-state index contributed by atoms with van der Waals surface area (Å²) in [6, 6.07) is 3.48. The predicted molar refractivity (Wildman–Crippen MR) is 77.6 cm³/mol. The zero-order valence-electron chi connectivity index (χ0n) is 12.2. The highest BCUT2D eigenvalue weighted by molar-refractivity contribution is 6.73. The molecule has 0 saturated carbocycles. The molecule has 1 fully saturated rings. The smallest absolute Gasteiger partial charge is 0.407 e. The number of amides is 1. The average Bonchev–Trinajstić information content (AvgIpc) is 2.94. The Labute approximate surface area is 116 Å². The third-order valence-electron chi connectivity index (χ3n) is 4.91. The molecular formula is C14H25NO3Si. The molecule has 1 N–H and O–H groups in total. The van der Waals surface area contributed by atoms with Crippen molar-refractivity contribution in [3.63, 3.8) is 0 Å². The van der Waals surface area contributed by atoms with Gasteiger partial charge in [-0.3, -0.25) is 0 Å². The maximum atomic E-state index is 11.0. The van der Waals surface area contributed by atoms with E-state index in [0.717, 1.165) is 30.3 Å². The SMILES string of the molecule is CC[Si](CC)(CC)OC1=CC2CN(C(=O)O)CC2C1. The largest absolute Gasteiger partial charge is 0.547 e. The lowest BCUT2D eigenvalue weighted by Crippen LogP contribution is -2.35. The fourth-order valence-electron chi connectivity index (χ4n) is 3.34. The van der Waals surface area contributed by atoms with Gasteiger partial charge < -0.3 is 14.4 Å². The van der Waals surface area contributed by atoms with Crippen LogP contribution in [0.15, 0.2) is 11.8 Å². The van der Waals surface area contributed by atoms with Crippen molar-refractivity contribution >= 4 is 14.4 Å². The van der Waals surface area contributed by atoms with E-state index in [2.05, 4.69) is 26.8 Å². The average molecular weight is 283 g/mol. The van der Waals surface area contributed by atoms with Gasteiger partial charge >= 0.3 is 6.09 Å². The van der Waals surface area contributed by atoms with Gasteiger partial charge in [0.05, 0.1) is 5.76 Å². The number of likely N-dealkylation sites (tertiary alicyclic amines) is 1. The van der Waals surface area contributed by atoms with E-state index < -0.39 is 14.4 Å². The summed E-state index contributed by atoms with van der Waals surface area (Å²) in [5.74, 6) is 1.98. The van der Waals surface area contributed by atoms with E-state index in [1.807, 2.05) is 0 Å². The summed E-state index contributed by atoms with van der Waals surface area (Å²) in [6.07, 6.45) is 2.35. The van der Waals surface area contributed by atoms with Crippen LogP contribution in [-0.2, 0) is 4.43 Å². The minimum atomic E-state index is -1.57. The molecule has 0 bridgehead atoms. The van der Waals surface area contributed by atoms with Crippen LogP contribution in [0.25, 0.3) is 0 Å². The fourth-order valence-corrected chi connectivity index (χ4v) is 5.98. The molecule has 0 aromatic rings. The van der Waals surface area contributed by atoms with Crippen molar-refractivity contribution in [1.82, 2.24) is 4.90 Å². The molecular weight excluding hydrogens is 258 g/mol. The zero-order valence-corrected chi connectivity index (χ0v) is 13.2. The quantitative estimate of drug-likeness (QED) is 0.785. The van der Waals surface area contributed by atoms with Crippen molar-refractivity contribution in [3.05, 3.63) is 11.8 Å². The van der Waals surface area contributed by atoms with Crippen molar-refractivity contribution in [2.45, 2.75) is 45.3 Å². The number of fused-ring (bicyclic) bond motifs is 1. The van der Waals surface area contributed by atoms with Crippen LogP contribution in [0, 0.1) is 11.8 Å². The Morgan fingerprint density at radius 2 is 2.00 bits per heavy atom. The van der Waals surface area contributed by atoms with Gasteiger partial charge in [-0.15, -0.1) is 0 Å². The van der Waals surface area contributed by atoms with Crippen LogP contribution in [0.2, 0.25) is 18.1 Å². The van der Waals surface area contributed by atoms with E-state index in [4.69, 9.17) is 9.53 Å². The van der Waals surface area contributed by atoms with Crippen molar-refractivity contribution in [3.8, 4) is 0 Å². The highest BCUT2D eigenvalue weighted by Gasteiger charge is 2.41. The normalized spacial score (nSPS) is 26.3. The molecule has 1 aliphatic heterocycles. The number of hydrogen-bond acceptors (Lipinski definition) is 2. The Balaban J connectivity index is 1.99. The van der Waals surface area contributed by atoms with Gasteiger partial charge in [0.1, 0.15) is 0 Å². The molecule has 1 amide bonds. The van der Waals surface area contributed by atoms with E-state index in [0.29, 0.717) is 24.9 Å². The lowest BCUT2D eigenvalue weighted by atomic mass is 10.0. The van der Waals surface area contributed by atoms with Crippen LogP contribution in [0.5, 0.6) is 0 Å². The van der Waals surface area contributed by atoms with Gasteiger partial charge in [-0.25, -0.2) is 4.79 Å². The maximum absolute atomic E-state index is 11.0. The summed E-state index contributed by atoms with van der Waals surface area (Å²) >= 11 is 0. The summed E-state index contributed by atoms with van der Waals surface area (Å²) in [5, 5.41) is 9.02. The molecule has 19 heavy (non-hydrogen) atoms. The molecule has 2 aliphatic rings. The van der Waals surface area contributed by atoms with Crippen molar-refractivity contribution < 1.29 is 14.3 Å². The monoisotopic (exact) mass is 283 g/mol. The minimum Gasteiger partial charge on any atom is -0.547 e. The van der Waals surface area contributed by atoms with E-state index in [1.54, 1.807) is 0 Å².